The van der Waals surface area contributed by atoms with E-state index in [0.29, 0.717) is 18.9 Å². The van der Waals surface area contributed by atoms with Crippen molar-refractivity contribution in [2.45, 2.75) is 52.9 Å². The second kappa shape index (κ2) is 16.7. The van der Waals surface area contributed by atoms with Crippen LogP contribution < -0.4 is 5.73 Å². The summed E-state index contributed by atoms with van der Waals surface area (Å²) >= 11 is 0. The number of unbranched alkanes of at least 4 members (excludes halogenated alkanes) is 1. The molecule has 0 saturated heterocycles. The Hall–Kier alpha value is 0.380. The molecule has 0 bridgehead atoms. The van der Waals surface area contributed by atoms with Crippen molar-refractivity contribution in [3.63, 3.8) is 0 Å². The van der Waals surface area contributed by atoms with Crippen molar-refractivity contribution in [1.82, 2.24) is 0 Å². The molecule has 0 aliphatic carbocycles. The molecule has 1 amide bonds. The Morgan fingerprint density at radius 1 is 1.29 bits per heavy atom. The Morgan fingerprint density at radius 3 is 2.14 bits per heavy atom. The van der Waals surface area contributed by atoms with Crippen molar-refractivity contribution in [3.8, 4) is 0 Å². The van der Waals surface area contributed by atoms with Gasteiger partial charge >= 0.3 is 37.7 Å². The van der Waals surface area contributed by atoms with E-state index in [0.717, 1.165) is 31.8 Å². The van der Waals surface area contributed by atoms with Crippen LogP contribution in [-0.2, 0) is 19.1 Å². The maximum atomic E-state index is 11.3. The maximum absolute atomic E-state index is 11.3. The molecule has 21 heavy (non-hydrogen) atoms. The number of rotatable bonds is 10. The Kier molecular flexibility index (Phi) is 21.0. The zero-order valence-electron chi connectivity index (χ0n) is 13.6. The third kappa shape index (κ3) is 20.4. The van der Waals surface area contributed by atoms with Crippen molar-refractivity contribution >= 4 is 53.8 Å². The molecule has 120 valence electrons. The molecule has 0 aromatic carbocycles. The molecule has 1 atom stereocenters. The number of primary amides is 1. The quantitative estimate of drug-likeness (QED) is 0.373. The predicted octanol–water partition coefficient (Wildman–Crippen LogP) is 2.24. The Bertz CT molecular complexity index is 358. The Balaban J connectivity index is -0.000000465. The van der Waals surface area contributed by atoms with Crippen LogP contribution in [0.5, 0.6) is 0 Å². The molecule has 0 rings (SSSR count). The summed E-state index contributed by atoms with van der Waals surface area (Å²) in [7, 11) is -3.26. The van der Waals surface area contributed by atoms with Gasteiger partial charge in [0.2, 0.25) is 5.91 Å². The SMILES string of the molecule is C=CC(N)=O.CCCCC(CC)COS(=O)(=O)CCC.[Ca+2]. The van der Waals surface area contributed by atoms with Gasteiger partial charge in [-0.2, -0.15) is 8.42 Å². The fourth-order valence-electron chi connectivity index (χ4n) is 1.41. The second-order valence-corrected chi connectivity index (χ2v) is 6.33. The van der Waals surface area contributed by atoms with Gasteiger partial charge in [0.1, 0.15) is 0 Å². The van der Waals surface area contributed by atoms with Crippen molar-refractivity contribution in [2.24, 2.45) is 11.7 Å². The van der Waals surface area contributed by atoms with Crippen molar-refractivity contribution in [1.29, 1.82) is 0 Å². The van der Waals surface area contributed by atoms with Gasteiger partial charge in [-0.15, -0.1) is 0 Å². The molecule has 0 aliphatic heterocycles. The van der Waals surface area contributed by atoms with Crippen molar-refractivity contribution in [2.75, 3.05) is 12.4 Å². The first-order valence-corrected chi connectivity index (χ1v) is 8.69. The number of carbonyl (C=O) groups excluding carboxylic acids is 1. The van der Waals surface area contributed by atoms with Crippen LogP contribution in [0.15, 0.2) is 12.7 Å². The van der Waals surface area contributed by atoms with Crippen LogP contribution in [0.25, 0.3) is 0 Å². The standard InChI is InChI=1S/C11H24O3S.C3H5NO.Ca/c1-4-7-8-11(6-3)10-14-15(12,13)9-5-2;1-2-3(4)5;/h11H,4-10H2,1-3H3;2H,1H2,(H2,4,5);/q;;+2. The monoisotopic (exact) mass is 347 g/mol. The molecule has 0 aromatic heterocycles. The number of hydrogen-bond donors (Lipinski definition) is 1. The average molecular weight is 348 g/mol. The molecule has 0 aliphatic rings. The molecule has 7 heteroatoms. The van der Waals surface area contributed by atoms with Crippen LogP contribution in [0.1, 0.15) is 52.9 Å². The van der Waals surface area contributed by atoms with Gasteiger partial charge < -0.3 is 5.73 Å². The summed E-state index contributed by atoms with van der Waals surface area (Å²) < 4.78 is 27.6. The molecule has 0 saturated carbocycles. The minimum absolute atomic E-state index is 0. The number of amides is 1. The maximum Gasteiger partial charge on any atom is 2.00 e. The summed E-state index contributed by atoms with van der Waals surface area (Å²) in [6, 6.07) is 0. The number of hydrogen-bond acceptors (Lipinski definition) is 4. The molecule has 1 unspecified atom stereocenters. The third-order valence-corrected chi connectivity index (χ3v) is 4.09. The van der Waals surface area contributed by atoms with Gasteiger partial charge in [-0.05, 0) is 24.8 Å². The van der Waals surface area contributed by atoms with E-state index in [1.807, 2.05) is 6.92 Å². The van der Waals surface area contributed by atoms with Crippen LogP contribution >= 0.6 is 0 Å². The molecule has 0 aromatic rings. The summed E-state index contributed by atoms with van der Waals surface area (Å²) in [6.07, 6.45) is 6.03. The first-order chi connectivity index (χ1) is 9.32. The fourth-order valence-corrected chi connectivity index (χ4v) is 2.42. The molecular weight excluding hydrogens is 318 g/mol. The van der Waals surface area contributed by atoms with Crippen LogP contribution in [0.4, 0.5) is 0 Å². The Labute approximate surface area is 159 Å². The van der Waals surface area contributed by atoms with Crippen LogP contribution in [-0.4, -0.2) is 64.4 Å². The van der Waals surface area contributed by atoms with Gasteiger partial charge in [-0.3, -0.25) is 8.98 Å². The van der Waals surface area contributed by atoms with E-state index in [2.05, 4.69) is 26.2 Å². The Morgan fingerprint density at radius 2 is 1.81 bits per heavy atom. The largest absolute Gasteiger partial charge is 2.00 e. The van der Waals surface area contributed by atoms with Gasteiger partial charge in [0, 0.05) is 0 Å². The summed E-state index contributed by atoms with van der Waals surface area (Å²) in [5.74, 6) is 0.0404. The van der Waals surface area contributed by atoms with E-state index in [1.54, 1.807) is 0 Å². The van der Waals surface area contributed by atoms with E-state index in [-0.39, 0.29) is 43.5 Å². The molecule has 2 N–H and O–H groups in total. The smallest absolute Gasteiger partial charge is 0.366 e. The summed E-state index contributed by atoms with van der Waals surface area (Å²) in [5, 5.41) is 0. The van der Waals surface area contributed by atoms with Gasteiger partial charge in [-0.1, -0.05) is 46.6 Å². The first kappa shape index (κ1) is 26.3. The van der Waals surface area contributed by atoms with E-state index in [4.69, 9.17) is 4.18 Å². The van der Waals surface area contributed by atoms with E-state index >= 15 is 0 Å². The van der Waals surface area contributed by atoms with Gasteiger partial charge in [-0.25, -0.2) is 0 Å². The van der Waals surface area contributed by atoms with Crippen LogP contribution in [0, 0.1) is 5.92 Å². The van der Waals surface area contributed by atoms with Gasteiger partial charge in [0.05, 0.1) is 12.4 Å². The molecular formula is C14H29CaNO4S+2. The number of carbonyl (C=O) groups is 1. The average Bonchev–Trinajstić information content (AvgIpc) is 2.39. The zero-order chi connectivity index (χ0) is 16.0. The number of nitrogens with two attached hydrogens (primary N) is 1. The molecule has 0 fully saturated rings. The van der Waals surface area contributed by atoms with E-state index in [1.165, 1.54) is 0 Å². The zero-order valence-corrected chi connectivity index (χ0v) is 16.7. The van der Waals surface area contributed by atoms with E-state index < -0.39 is 16.0 Å². The first-order valence-electron chi connectivity index (χ1n) is 7.11. The van der Waals surface area contributed by atoms with Crippen molar-refractivity contribution in [3.05, 3.63) is 12.7 Å². The minimum Gasteiger partial charge on any atom is -0.366 e. The summed E-state index contributed by atoms with van der Waals surface area (Å²) in [5.41, 5.74) is 4.53. The van der Waals surface area contributed by atoms with Crippen LogP contribution in [0.2, 0.25) is 0 Å². The molecule has 0 heterocycles. The molecule has 0 radical (unpaired) electrons. The minimum atomic E-state index is -3.26. The normalized spacial score (nSPS) is 11.6. The predicted molar refractivity (Wildman–Crippen MR) is 88.5 cm³/mol. The van der Waals surface area contributed by atoms with Crippen LogP contribution in [0.3, 0.4) is 0 Å². The summed E-state index contributed by atoms with van der Waals surface area (Å²) in [6.45, 7) is 9.51. The summed E-state index contributed by atoms with van der Waals surface area (Å²) in [4.78, 5) is 9.47. The molecule has 5 nitrogen and oxygen atoms in total. The van der Waals surface area contributed by atoms with Crippen molar-refractivity contribution < 1.29 is 17.4 Å². The fraction of sp³-hybridized carbons (Fsp3) is 0.786. The second-order valence-electron chi connectivity index (χ2n) is 4.57. The molecule has 0 spiro atoms. The van der Waals surface area contributed by atoms with Gasteiger partial charge in [0.15, 0.2) is 0 Å². The van der Waals surface area contributed by atoms with Gasteiger partial charge in [0.25, 0.3) is 10.1 Å². The van der Waals surface area contributed by atoms with E-state index in [9.17, 15) is 13.2 Å². The topological polar surface area (TPSA) is 86.5 Å². The third-order valence-electron chi connectivity index (χ3n) is 2.68.